The van der Waals surface area contributed by atoms with Gasteiger partial charge in [-0.15, -0.1) is 0 Å². The molecule has 2 rings (SSSR count). The Labute approximate surface area is 141 Å². The summed E-state index contributed by atoms with van der Waals surface area (Å²) in [6.07, 6.45) is 0.833. The predicted octanol–water partition coefficient (Wildman–Crippen LogP) is 3.44. The maximum atomic E-state index is 12.0. The molecule has 5 nitrogen and oxygen atoms in total. The van der Waals surface area contributed by atoms with Gasteiger partial charge >= 0.3 is 5.97 Å². The molecule has 0 aliphatic rings. The molecule has 2 aromatic rings. The Hall–Kier alpha value is -2.82. The number of hydrogen-bond acceptors (Lipinski definition) is 4. The molecule has 0 bridgehead atoms. The number of amides is 1. The van der Waals surface area contributed by atoms with E-state index in [4.69, 9.17) is 9.47 Å². The minimum atomic E-state index is -0.415. The largest absolute Gasteiger partial charge is 0.483 e. The molecule has 0 heterocycles. The van der Waals surface area contributed by atoms with Crippen molar-refractivity contribution in [2.45, 2.75) is 20.3 Å². The molecule has 0 unspecified atom stereocenters. The van der Waals surface area contributed by atoms with Crippen molar-refractivity contribution in [1.82, 2.24) is 0 Å². The second-order valence-electron chi connectivity index (χ2n) is 5.10. The lowest BCUT2D eigenvalue weighted by atomic mass is 10.1. The minimum Gasteiger partial charge on any atom is -0.483 e. The van der Waals surface area contributed by atoms with Crippen molar-refractivity contribution in [1.29, 1.82) is 0 Å². The number of nitrogens with one attached hydrogen (secondary N) is 1. The standard InChI is InChI=1S/C19H21NO4/c1-3-14-8-5-6-11-17(14)24-13-18(21)20-16-10-7-9-15(12-16)19(22)23-4-2/h5-12H,3-4,13H2,1-2H3,(H,20,21). The summed E-state index contributed by atoms with van der Waals surface area (Å²) in [7, 11) is 0. The van der Waals surface area contributed by atoms with Crippen molar-refractivity contribution < 1.29 is 19.1 Å². The third-order valence-electron chi connectivity index (χ3n) is 3.37. The molecule has 0 aromatic heterocycles. The first-order valence-corrected chi connectivity index (χ1v) is 7.91. The van der Waals surface area contributed by atoms with Crippen molar-refractivity contribution in [3.05, 3.63) is 59.7 Å². The SMILES string of the molecule is CCOC(=O)c1cccc(NC(=O)COc2ccccc2CC)c1. The Kier molecular flexibility index (Phi) is 6.37. The smallest absolute Gasteiger partial charge is 0.338 e. The van der Waals surface area contributed by atoms with Crippen molar-refractivity contribution in [2.24, 2.45) is 0 Å². The molecule has 0 saturated carbocycles. The molecule has 126 valence electrons. The second kappa shape index (κ2) is 8.72. The van der Waals surface area contributed by atoms with Gasteiger partial charge < -0.3 is 14.8 Å². The van der Waals surface area contributed by atoms with Crippen molar-refractivity contribution in [3.63, 3.8) is 0 Å². The van der Waals surface area contributed by atoms with Gasteiger partial charge in [0.1, 0.15) is 5.75 Å². The Balaban J connectivity index is 1.95. The summed E-state index contributed by atoms with van der Waals surface area (Å²) in [5, 5.41) is 2.72. The van der Waals surface area contributed by atoms with Gasteiger partial charge in [-0.3, -0.25) is 4.79 Å². The first-order valence-electron chi connectivity index (χ1n) is 7.91. The van der Waals surface area contributed by atoms with E-state index in [1.807, 2.05) is 31.2 Å². The van der Waals surface area contributed by atoms with Gasteiger partial charge in [0.15, 0.2) is 6.61 Å². The third-order valence-corrected chi connectivity index (χ3v) is 3.37. The number of carbonyl (C=O) groups excluding carboxylic acids is 2. The molecule has 0 fully saturated rings. The Morgan fingerprint density at radius 3 is 2.58 bits per heavy atom. The molecule has 24 heavy (non-hydrogen) atoms. The quantitative estimate of drug-likeness (QED) is 0.791. The average molecular weight is 327 g/mol. The zero-order valence-electron chi connectivity index (χ0n) is 13.9. The number of anilines is 1. The van der Waals surface area contributed by atoms with Crippen LogP contribution in [0, 0.1) is 0 Å². The van der Waals surface area contributed by atoms with Crippen LogP contribution in [-0.4, -0.2) is 25.1 Å². The van der Waals surface area contributed by atoms with Crippen LogP contribution in [0.4, 0.5) is 5.69 Å². The van der Waals surface area contributed by atoms with Gasteiger partial charge in [-0.05, 0) is 43.2 Å². The van der Waals surface area contributed by atoms with Crippen LogP contribution in [0.2, 0.25) is 0 Å². The lowest BCUT2D eigenvalue weighted by Gasteiger charge is -2.11. The number of esters is 1. The van der Waals surface area contributed by atoms with Crippen LogP contribution in [0.15, 0.2) is 48.5 Å². The van der Waals surface area contributed by atoms with Crippen LogP contribution in [-0.2, 0) is 16.0 Å². The highest BCUT2D eigenvalue weighted by Crippen LogP contribution is 2.18. The van der Waals surface area contributed by atoms with E-state index in [9.17, 15) is 9.59 Å². The van der Waals surface area contributed by atoms with Gasteiger partial charge in [-0.2, -0.15) is 0 Å². The third kappa shape index (κ3) is 4.84. The molecule has 0 radical (unpaired) electrons. The predicted molar refractivity (Wildman–Crippen MR) is 92.3 cm³/mol. The van der Waals surface area contributed by atoms with Gasteiger partial charge in [0.05, 0.1) is 12.2 Å². The van der Waals surface area contributed by atoms with E-state index in [-0.39, 0.29) is 12.5 Å². The highest BCUT2D eigenvalue weighted by Gasteiger charge is 2.09. The van der Waals surface area contributed by atoms with Gasteiger partial charge in [0.25, 0.3) is 5.91 Å². The van der Waals surface area contributed by atoms with Crippen LogP contribution >= 0.6 is 0 Å². The van der Waals surface area contributed by atoms with Crippen LogP contribution in [0.3, 0.4) is 0 Å². The van der Waals surface area contributed by atoms with E-state index in [2.05, 4.69) is 5.32 Å². The Morgan fingerprint density at radius 1 is 1.04 bits per heavy atom. The highest BCUT2D eigenvalue weighted by atomic mass is 16.5. The fourth-order valence-electron chi connectivity index (χ4n) is 2.22. The van der Waals surface area contributed by atoms with Crippen LogP contribution in [0.5, 0.6) is 5.75 Å². The molecule has 0 saturated heterocycles. The van der Waals surface area contributed by atoms with Gasteiger partial charge in [0, 0.05) is 5.69 Å². The van der Waals surface area contributed by atoms with Gasteiger partial charge in [-0.25, -0.2) is 4.79 Å². The summed E-state index contributed by atoms with van der Waals surface area (Å²) in [5.41, 5.74) is 1.97. The summed E-state index contributed by atoms with van der Waals surface area (Å²) in [5.74, 6) is -0.000869. The van der Waals surface area contributed by atoms with E-state index in [1.165, 1.54) is 0 Å². The monoisotopic (exact) mass is 327 g/mol. The van der Waals surface area contributed by atoms with Crippen LogP contribution in [0.1, 0.15) is 29.8 Å². The first kappa shape index (κ1) is 17.5. The zero-order chi connectivity index (χ0) is 17.4. The molecular weight excluding hydrogens is 306 g/mol. The lowest BCUT2D eigenvalue weighted by Crippen LogP contribution is -2.20. The number of rotatable bonds is 7. The summed E-state index contributed by atoms with van der Waals surface area (Å²) >= 11 is 0. The Bertz CT molecular complexity index is 712. The molecule has 1 amide bonds. The van der Waals surface area contributed by atoms with E-state index in [0.717, 1.165) is 12.0 Å². The van der Waals surface area contributed by atoms with Crippen LogP contribution in [0.25, 0.3) is 0 Å². The molecule has 2 aromatic carbocycles. The maximum Gasteiger partial charge on any atom is 0.338 e. The second-order valence-corrected chi connectivity index (χ2v) is 5.10. The highest BCUT2D eigenvalue weighted by molar-refractivity contribution is 5.95. The molecule has 0 spiro atoms. The molecule has 1 N–H and O–H groups in total. The van der Waals surface area contributed by atoms with E-state index >= 15 is 0 Å². The molecule has 5 heteroatoms. The molecule has 0 atom stereocenters. The molecule has 0 aliphatic heterocycles. The number of ether oxygens (including phenoxy) is 2. The zero-order valence-corrected chi connectivity index (χ0v) is 13.9. The number of hydrogen-bond donors (Lipinski definition) is 1. The minimum absolute atomic E-state index is 0.0966. The van der Waals surface area contributed by atoms with Crippen LogP contribution < -0.4 is 10.1 Å². The van der Waals surface area contributed by atoms with Crippen molar-refractivity contribution in [2.75, 3.05) is 18.5 Å². The summed E-state index contributed by atoms with van der Waals surface area (Å²) in [6.45, 7) is 3.99. The van der Waals surface area contributed by atoms with E-state index in [0.29, 0.717) is 23.6 Å². The van der Waals surface area contributed by atoms with Crippen molar-refractivity contribution >= 4 is 17.6 Å². The molecular formula is C19H21NO4. The Morgan fingerprint density at radius 2 is 1.83 bits per heavy atom. The summed E-state index contributed by atoms with van der Waals surface area (Å²) in [6, 6.07) is 14.2. The first-order chi connectivity index (χ1) is 11.6. The number of benzene rings is 2. The van der Waals surface area contributed by atoms with E-state index < -0.39 is 5.97 Å². The molecule has 0 aliphatic carbocycles. The topological polar surface area (TPSA) is 64.6 Å². The lowest BCUT2D eigenvalue weighted by molar-refractivity contribution is -0.118. The van der Waals surface area contributed by atoms with Gasteiger partial charge in [-0.1, -0.05) is 31.2 Å². The van der Waals surface area contributed by atoms with E-state index in [1.54, 1.807) is 31.2 Å². The van der Waals surface area contributed by atoms with Crippen molar-refractivity contribution in [3.8, 4) is 5.75 Å². The number of aryl methyl sites for hydroxylation is 1. The average Bonchev–Trinajstić information content (AvgIpc) is 2.60. The summed E-state index contributed by atoms with van der Waals surface area (Å²) < 4.78 is 10.5. The maximum absolute atomic E-state index is 12.0. The normalized spacial score (nSPS) is 10.1. The van der Waals surface area contributed by atoms with Gasteiger partial charge in [0.2, 0.25) is 0 Å². The number of carbonyl (C=O) groups is 2. The fraction of sp³-hybridized carbons (Fsp3) is 0.263. The summed E-state index contributed by atoms with van der Waals surface area (Å²) in [4.78, 5) is 23.7. The fourth-order valence-corrected chi connectivity index (χ4v) is 2.22. The number of para-hydroxylation sites is 1.